The second-order valence-corrected chi connectivity index (χ2v) is 7.52. The molecule has 2 rings (SSSR count). The Kier molecular flexibility index (Phi) is 6.85. The minimum atomic E-state index is -0.471. The van der Waals surface area contributed by atoms with E-state index in [1.807, 2.05) is 43.9 Å². The zero-order valence-corrected chi connectivity index (χ0v) is 15.6. The van der Waals surface area contributed by atoms with E-state index in [0.29, 0.717) is 13.0 Å². The van der Waals surface area contributed by atoms with E-state index in [4.69, 9.17) is 4.74 Å². The number of rotatable bonds is 6. The smallest absolute Gasteiger partial charge is 0.407 e. The average Bonchev–Trinajstić information content (AvgIpc) is 2.55. The molecule has 1 aromatic carbocycles. The number of fused-ring (bicyclic) bond motifs is 1. The zero-order chi connectivity index (χ0) is 18.3. The van der Waals surface area contributed by atoms with E-state index < -0.39 is 5.60 Å². The van der Waals surface area contributed by atoms with Crippen LogP contribution in [0.1, 0.15) is 58.4 Å². The lowest BCUT2D eigenvalue weighted by Crippen LogP contribution is -2.35. The van der Waals surface area contributed by atoms with Crippen molar-refractivity contribution in [2.45, 2.75) is 64.9 Å². The van der Waals surface area contributed by atoms with Crippen LogP contribution in [-0.2, 0) is 16.0 Å². The van der Waals surface area contributed by atoms with E-state index in [9.17, 15) is 9.59 Å². The minimum absolute atomic E-state index is 0.201. The number of carbonyl (C=O) groups excluding carboxylic acids is 2. The molecule has 0 fully saturated rings. The summed E-state index contributed by atoms with van der Waals surface area (Å²) in [5, 5.41) is 2.75. The Labute approximate surface area is 150 Å². The van der Waals surface area contributed by atoms with Gasteiger partial charge in [-0.15, -0.1) is 0 Å². The molecular weight excluding hydrogens is 316 g/mol. The maximum Gasteiger partial charge on any atom is 0.407 e. The fraction of sp³-hybridized carbons (Fsp3) is 0.600. The lowest BCUT2D eigenvalue weighted by Gasteiger charge is -2.29. The summed E-state index contributed by atoms with van der Waals surface area (Å²) in [7, 11) is 0. The van der Waals surface area contributed by atoms with Crippen molar-refractivity contribution in [3.8, 4) is 0 Å². The highest BCUT2D eigenvalue weighted by molar-refractivity contribution is 5.94. The number of anilines is 1. The predicted octanol–water partition coefficient (Wildman–Crippen LogP) is 4.05. The molecule has 0 aliphatic carbocycles. The summed E-state index contributed by atoms with van der Waals surface area (Å²) < 4.78 is 5.18. The number of ether oxygens (including phenoxy) is 1. The summed E-state index contributed by atoms with van der Waals surface area (Å²) in [6.07, 6.45) is 4.86. The van der Waals surface area contributed by atoms with Crippen LogP contribution in [0.15, 0.2) is 24.3 Å². The van der Waals surface area contributed by atoms with Crippen LogP contribution >= 0.6 is 0 Å². The molecule has 1 heterocycles. The van der Waals surface area contributed by atoms with E-state index in [0.717, 1.165) is 44.3 Å². The number of aryl methyl sites for hydroxylation is 1. The molecule has 0 aromatic heterocycles. The molecule has 0 unspecified atom stereocenters. The number of para-hydroxylation sites is 1. The van der Waals surface area contributed by atoms with Crippen LogP contribution in [0.5, 0.6) is 0 Å². The van der Waals surface area contributed by atoms with Crippen LogP contribution in [0.4, 0.5) is 10.5 Å². The second-order valence-electron chi connectivity index (χ2n) is 7.52. The fourth-order valence-corrected chi connectivity index (χ4v) is 3.01. The van der Waals surface area contributed by atoms with E-state index >= 15 is 0 Å². The number of carbonyl (C=O) groups is 2. The first-order valence-corrected chi connectivity index (χ1v) is 9.22. The third kappa shape index (κ3) is 6.40. The van der Waals surface area contributed by atoms with E-state index in [2.05, 4.69) is 11.4 Å². The maximum absolute atomic E-state index is 12.5. The Morgan fingerprint density at radius 1 is 1.16 bits per heavy atom. The summed E-state index contributed by atoms with van der Waals surface area (Å²) >= 11 is 0. The fourth-order valence-electron chi connectivity index (χ4n) is 3.01. The van der Waals surface area contributed by atoms with Gasteiger partial charge in [-0.05, 0) is 58.1 Å². The van der Waals surface area contributed by atoms with E-state index in [1.165, 1.54) is 5.56 Å². The number of benzene rings is 1. The second kappa shape index (κ2) is 8.88. The van der Waals surface area contributed by atoms with Gasteiger partial charge in [-0.3, -0.25) is 4.79 Å². The molecule has 5 heteroatoms. The van der Waals surface area contributed by atoms with Gasteiger partial charge in [0.1, 0.15) is 5.60 Å². The van der Waals surface area contributed by atoms with Crippen molar-refractivity contribution < 1.29 is 14.3 Å². The lowest BCUT2D eigenvalue weighted by atomic mass is 10.0. The van der Waals surface area contributed by atoms with Crippen molar-refractivity contribution in [1.82, 2.24) is 5.32 Å². The summed E-state index contributed by atoms with van der Waals surface area (Å²) in [6.45, 7) is 6.93. The Bertz CT molecular complexity index is 593. The molecule has 0 radical (unpaired) electrons. The largest absolute Gasteiger partial charge is 0.444 e. The molecule has 5 nitrogen and oxygen atoms in total. The Balaban J connectivity index is 1.64. The normalized spacial score (nSPS) is 14.0. The number of nitrogens with one attached hydrogen (secondary N) is 1. The SMILES string of the molecule is CC(C)(C)OC(=O)NCCCCCC(=O)N1CCCc2ccccc21. The van der Waals surface area contributed by atoms with E-state index in [1.54, 1.807) is 0 Å². The zero-order valence-electron chi connectivity index (χ0n) is 15.6. The van der Waals surface area contributed by atoms with Gasteiger partial charge in [0.25, 0.3) is 0 Å². The number of nitrogens with zero attached hydrogens (tertiary/aromatic N) is 1. The molecule has 0 saturated carbocycles. The van der Waals surface area contributed by atoms with Gasteiger partial charge in [-0.25, -0.2) is 4.79 Å². The van der Waals surface area contributed by atoms with Crippen LogP contribution in [0.2, 0.25) is 0 Å². The van der Waals surface area contributed by atoms with Gasteiger partial charge >= 0.3 is 6.09 Å². The molecule has 25 heavy (non-hydrogen) atoms. The Morgan fingerprint density at radius 2 is 1.92 bits per heavy atom. The summed E-state index contributed by atoms with van der Waals surface area (Å²) in [4.78, 5) is 26.0. The molecule has 1 aromatic rings. The standard InChI is InChI=1S/C20H30N2O3/c1-20(2,3)25-19(24)21-14-8-4-5-13-18(23)22-15-9-11-16-10-6-7-12-17(16)22/h6-7,10,12H,4-5,8-9,11,13-15H2,1-3H3,(H,21,24). The van der Waals surface area contributed by atoms with Crippen LogP contribution in [0.3, 0.4) is 0 Å². The van der Waals surface area contributed by atoms with E-state index in [-0.39, 0.29) is 12.0 Å². The van der Waals surface area contributed by atoms with Gasteiger partial charge in [-0.2, -0.15) is 0 Å². The molecule has 0 spiro atoms. The molecule has 1 N–H and O–H groups in total. The molecule has 1 aliphatic heterocycles. The maximum atomic E-state index is 12.5. The number of hydrogen-bond donors (Lipinski definition) is 1. The summed E-state index contributed by atoms with van der Waals surface area (Å²) in [5.41, 5.74) is 1.87. The van der Waals surface area contributed by atoms with Gasteiger partial charge in [0, 0.05) is 25.2 Å². The lowest BCUT2D eigenvalue weighted by molar-refractivity contribution is -0.118. The molecule has 138 valence electrons. The highest BCUT2D eigenvalue weighted by Crippen LogP contribution is 2.27. The summed E-state index contributed by atoms with van der Waals surface area (Å²) in [6, 6.07) is 8.17. The number of unbranched alkanes of at least 4 members (excludes halogenated alkanes) is 2. The third-order valence-electron chi connectivity index (χ3n) is 4.15. The van der Waals surface area contributed by atoms with Crippen LogP contribution in [0.25, 0.3) is 0 Å². The summed E-state index contributed by atoms with van der Waals surface area (Å²) in [5.74, 6) is 0.201. The first-order chi connectivity index (χ1) is 11.9. The third-order valence-corrected chi connectivity index (χ3v) is 4.15. The number of amides is 2. The van der Waals surface area contributed by atoms with Crippen LogP contribution in [-0.4, -0.2) is 30.7 Å². The van der Waals surface area contributed by atoms with Crippen molar-refractivity contribution in [2.75, 3.05) is 18.0 Å². The van der Waals surface area contributed by atoms with Crippen molar-refractivity contribution in [3.05, 3.63) is 29.8 Å². The predicted molar refractivity (Wildman–Crippen MR) is 99.8 cm³/mol. The Morgan fingerprint density at radius 3 is 2.68 bits per heavy atom. The van der Waals surface area contributed by atoms with Gasteiger partial charge in [0.2, 0.25) is 5.91 Å². The Hall–Kier alpha value is -2.04. The van der Waals surface area contributed by atoms with Crippen molar-refractivity contribution in [1.29, 1.82) is 0 Å². The van der Waals surface area contributed by atoms with Gasteiger partial charge in [-0.1, -0.05) is 24.6 Å². The first-order valence-electron chi connectivity index (χ1n) is 9.22. The van der Waals surface area contributed by atoms with Crippen LogP contribution < -0.4 is 10.2 Å². The first kappa shape index (κ1) is 19.3. The highest BCUT2D eigenvalue weighted by atomic mass is 16.6. The van der Waals surface area contributed by atoms with Crippen molar-refractivity contribution in [2.24, 2.45) is 0 Å². The molecule has 0 bridgehead atoms. The molecule has 2 amide bonds. The van der Waals surface area contributed by atoms with Gasteiger partial charge < -0.3 is 15.0 Å². The number of alkyl carbamates (subject to hydrolysis) is 1. The van der Waals surface area contributed by atoms with Gasteiger partial charge in [0.05, 0.1) is 0 Å². The monoisotopic (exact) mass is 346 g/mol. The molecular formula is C20H30N2O3. The molecule has 1 aliphatic rings. The highest BCUT2D eigenvalue weighted by Gasteiger charge is 2.21. The number of hydrogen-bond acceptors (Lipinski definition) is 3. The molecule has 0 saturated heterocycles. The molecule has 0 atom stereocenters. The van der Waals surface area contributed by atoms with Gasteiger partial charge in [0.15, 0.2) is 0 Å². The quantitative estimate of drug-likeness (QED) is 0.791. The van der Waals surface area contributed by atoms with Crippen LogP contribution in [0, 0.1) is 0 Å². The minimum Gasteiger partial charge on any atom is -0.444 e. The topological polar surface area (TPSA) is 58.6 Å². The average molecular weight is 346 g/mol. The van der Waals surface area contributed by atoms with Crippen molar-refractivity contribution >= 4 is 17.7 Å². The van der Waals surface area contributed by atoms with Crippen molar-refractivity contribution in [3.63, 3.8) is 0 Å².